The molecule has 1 aliphatic heterocycles. The number of benzene rings is 1. The van der Waals surface area contributed by atoms with Crippen molar-refractivity contribution in [3.8, 4) is 0 Å². The van der Waals surface area contributed by atoms with E-state index in [1.807, 2.05) is 30.3 Å². The number of piperidine rings is 1. The van der Waals surface area contributed by atoms with Gasteiger partial charge in [0, 0.05) is 6.54 Å². The minimum Gasteiger partial charge on any atom is -0.354 e. The van der Waals surface area contributed by atoms with Gasteiger partial charge in [-0.3, -0.25) is 9.59 Å². The fraction of sp³-hybridized carbons (Fsp3) is 0.467. The number of rotatable bonds is 5. The number of hydrogen-bond donors (Lipinski definition) is 3. The van der Waals surface area contributed by atoms with Crippen LogP contribution in [0.1, 0.15) is 18.4 Å². The summed E-state index contributed by atoms with van der Waals surface area (Å²) in [7, 11) is 1.76. The molecule has 0 aliphatic carbocycles. The molecule has 2 atom stereocenters. The van der Waals surface area contributed by atoms with Crippen LogP contribution >= 0.6 is 0 Å². The van der Waals surface area contributed by atoms with Gasteiger partial charge in [-0.15, -0.1) is 0 Å². The summed E-state index contributed by atoms with van der Waals surface area (Å²) >= 11 is 0. The number of nitrogens with one attached hydrogen (secondary N) is 3. The van der Waals surface area contributed by atoms with Gasteiger partial charge >= 0.3 is 0 Å². The van der Waals surface area contributed by atoms with E-state index in [9.17, 15) is 9.59 Å². The van der Waals surface area contributed by atoms with E-state index in [0.29, 0.717) is 19.4 Å². The summed E-state index contributed by atoms with van der Waals surface area (Å²) in [5.74, 6) is -0.211. The highest BCUT2D eigenvalue weighted by Gasteiger charge is 2.26. The maximum Gasteiger partial charge on any atom is 0.242 e. The molecule has 1 heterocycles. The van der Waals surface area contributed by atoms with Gasteiger partial charge in [-0.2, -0.15) is 0 Å². The van der Waals surface area contributed by atoms with Crippen molar-refractivity contribution in [2.75, 3.05) is 13.6 Å². The second-order valence-corrected chi connectivity index (χ2v) is 5.03. The highest BCUT2D eigenvalue weighted by molar-refractivity contribution is 5.90. The van der Waals surface area contributed by atoms with E-state index >= 15 is 0 Å². The van der Waals surface area contributed by atoms with E-state index in [2.05, 4.69) is 16.0 Å². The third-order valence-corrected chi connectivity index (χ3v) is 3.55. The lowest BCUT2D eigenvalue weighted by molar-refractivity contribution is -0.131. The van der Waals surface area contributed by atoms with E-state index in [1.54, 1.807) is 7.05 Å². The first-order chi connectivity index (χ1) is 9.70. The predicted molar refractivity (Wildman–Crippen MR) is 77.2 cm³/mol. The quantitative estimate of drug-likeness (QED) is 0.719. The molecule has 0 saturated carbocycles. The highest BCUT2D eigenvalue weighted by Crippen LogP contribution is 2.06. The minimum absolute atomic E-state index is 0.0841. The van der Waals surface area contributed by atoms with Crippen LogP contribution in [0.3, 0.4) is 0 Å². The van der Waals surface area contributed by atoms with Crippen molar-refractivity contribution in [3.63, 3.8) is 0 Å². The summed E-state index contributed by atoms with van der Waals surface area (Å²) in [5.41, 5.74) is 1.09. The van der Waals surface area contributed by atoms with Gasteiger partial charge in [0.15, 0.2) is 0 Å². The normalized spacial score (nSPS) is 20.1. The molecule has 0 bridgehead atoms. The zero-order valence-corrected chi connectivity index (χ0v) is 11.7. The Morgan fingerprint density at radius 3 is 2.80 bits per heavy atom. The second kappa shape index (κ2) is 7.05. The lowest BCUT2D eigenvalue weighted by atomic mass is 10.0. The van der Waals surface area contributed by atoms with Gasteiger partial charge in [0.25, 0.3) is 0 Å². The monoisotopic (exact) mass is 275 g/mol. The van der Waals surface area contributed by atoms with Crippen LogP contribution in [0.25, 0.3) is 0 Å². The average molecular weight is 275 g/mol. The van der Waals surface area contributed by atoms with Crippen molar-refractivity contribution in [2.24, 2.45) is 0 Å². The Balaban J connectivity index is 1.93. The number of hydrogen-bond acceptors (Lipinski definition) is 3. The third-order valence-electron chi connectivity index (χ3n) is 3.55. The van der Waals surface area contributed by atoms with Crippen molar-refractivity contribution in [1.82, 2.24) is 16.0 Å². The standard InChI is InChI=1S/C15H21N3O2/c1-16-13(10-11-6-3-2-4-7-11)15(20)18-12-8-5-9-17-14(12)19/h2-4,6-7,12-13,16H,5,8-10H2,1H3,(H,17,19)(H,18,20)/t12-,13-/m1/s1. The molecule has 1 aromatic rings. The fourth-order valence-electron chi connectivity index (χ4n) is 2.36. The highest BCUT2D eigenvalue weighted by atomic mass is 16.2. The van der Waals surface area contributed by atoms with Crippen LogP contribution in [-0.2, 0) is 16.0 Å². The molecule has 1 aliphatic rings. The van der Waals surface area contributed by atoms with E-state index in [-0.39, 0.29) is 17.9 Å². The van der Waals surface area contributed by atoms with Crippen LogP contribution in [0.4, 0.5) is 0 Å². The topological polar surface area (TPSA) is 70.2 Å². The summed E-state index contributed by atoms with van der Waals surface area (Å²) in [4.78, 5) is 23.9. The van der Waals surface area contributed by atoms with Gasteiger partial charge in [0.05, 0.1) is 6.04 Å². The Labute approximate surface area is 119 Å². The molecule has 0 radical (unpaired) electrons. The SMILES string of the molecule is CN[C@H](Cc1ccccc1)C(=O)N[C@@H]1CCCNC1=O. The minimum atomic E-state index is -0.400. The number of carbonyl (C=O) groups excluding carboxylic acids is 2. The first-order valence-electron chi connectivity index (χ1n) is 7.00. The number of amides is 2. The van der Waals surface area contributed by atoms with Crippen LogP contribution in [0, 0.1) is 0 Å². The molecule has 1 saturated heterocycles. The molecule has 2 amide bonds. The number of likely N-dealkylation sites (N-methyl/N-ethyl adjacent to an activating group) is 1. The van der Waals surface area contributed by atoms with Crippen molar-refractivity contribution in [1.29, 1.82) is 0 Å². The molecule has 0 spiro atoms. The Hall–Kier alpha value is -1.88. The first-order valence-corrected chi connectivity index (χ1v) is 7.00. The van der Waals surface area contributed by atoms with Gasteiger partial charge in [-0.05, 0) is 31.9 Å². The predicted octanol–water partition coefficient (Wildman–Crippen LogP) is 0.212. The maximum atomic E-state index is 12.2. The summed E-state index contributed by atoms with van der Waals surface area (Å²) in [6.45, 7) is 0.699. The molecule has 0 unspecified atom stereocenters. The van der Waals surface area contributed by atoms with E-state index in [0.717, 1.165) is 12.0 Å². The molecule has 3 N–H and O–H groups in total. The van der Waals surface area contributed by atoms with Crippen molar-refractivity contribution in [3.05, 3.63) is 35.9 Å². The molecule has 1 aromatic carbocycles. The molecule has 1 fully saturated rings. The fourth-order valence-corrected chi connectivity index (χ4v) is 2.36. The van der Waals surface area contributed by atoms with Crippen molar-refractivity contribution >= 4 is 11.8 Å². The molecule has 5 nitrogen and oxygen atoms in total. The van der Waals surface area contributed by atoms with E-state index < -0.39 is 6.04 Å². The van der Waals surface area contributed by atoms with Crippen molar-refractivity contribution in [2.45, 2.75) is 31.3 Å². The van der Waals surface area contributed by atoms with Gasteiger partial charge < -0.3 is 16.0 Å². The molecular formula is C15H21N3O2. The van der Waals surface area contributed by atoms with Crippen LogP contribution in [0.15, 0.2) is 30.3 Å². The van der Waals surface area contributed by atoms with Gasteiger partial charge in [-0.1, -0.05) is 30.3 Å². The van der Waals surface area contributed by atoms with Gasteiger partial charge in [0.1, 0.15) is 6.04 Å². The van der Waals surface area contributed by atoms with Crippen LogP contribution in [0.2, 0.25) is 0 Å². The third kappa shape index (κ3) is 3.81. The summed E-state index contributed by atoms with van der Waals surface area (Å²) in [6.07, 6.45) is 2.22. The van der Waals surface area contributed by atoms with Crippen molar-refractivity contribution < 1.29 is 9.59 Å². The zero-order valence-electron chi connectivity index (χ0n) is 11.7. The largest absolute Gasteiger partial charge is 0.354 e. The van der Waals surface area contributed by atoms with Crippen LogP contribution in [-0.4, -0.2) is 37.5 Å². The molecule has 20 heavy (non-hydrogen) atoms. The molecular weight excluding hydrogens is 254 g/mol. The Morgan fingerprint density at radius 2 is 2.15 bits per heavy atom. The first kappa shape index (κ1) is 14.5. The molecule has 108 valence electrons. The smallest absolute Gasteiger partial charge is 0.242 e. The Kier molecular flexibility index (Phi) is 5.12. The molecule has 5 heteroatoms. The van der Waals surface area contributed by atoms with Gasteiger partial charge in [-0.25, -0.2) is 0 Å². The van der Waals surface area contributed by atoms with Gasteiger partial charge in [0.2, 0.25) is 11.8 Å². The Bertz CT molecular complexity index is 461. The zero-order chi connectivity index (χ0) is 14.4. The van der Waals surface area contributed by atoms with E-state index in [4.69, 9.17) is 0 Å². The van der Waals surface area contributed by atoms with Crippen LogP contribution < -0.4 is 16.0 Å². The maximum absolute atomic E-state index is 12.2. The Morgan fingerprint density at radius 1 is 1.40 bits per heavy atom. The number of carbonyl (C=O) groups is 2. The van der Waals surface area contributed by atoms with E-state index in [1.165, 1.54) is 0 Å². The molecule has 2 rings (SSSR count). The summed E-state index contributed by atoms with van der Waals surface area (Å²) in [5, 5.41) is 8.61. The summed E-state index contributed by atoms with van der Waals surface area (Å²) in [6, 6.07) is 9.11. The molecule has 0 aromatic heterocycles. The lowest BCUT2D eigenvalue weighted by Crippen LogP contribution is -2.54. The second-order valence-electron chi connectivity index (χ2n) is 5.03. The average Bonchev–Trinajstić information content (AvgIpc) is 2.48. The lowest BCUT2D eigenvalue weighted by Gasteiger charge is -2.25. The summed E-state index contributed by atoms with van der Waals surface area (Å²) < 4.78 is 0. The van der Waals surface area contributed by atoms with Crippen LogP contribution in [0.5, 0.6) is 0 Å².